The van der Waals surface area contributed by atoms with Gasteiger partial charge in [0.2, 0.25) is 0 Å². The molecule has 2 aromatic carbocycles. The van der Waals surface area contributed by atoms with Gasteiger partial charge in [0.25, 0.3) is 0 Å². The summed E-state index contributed by atoms with van der Waals surface area (Å²) < 4.78 is 23.6. The second-order valence-corrected chi connectivity index (χ2v) is 6.39. The van der Waals surface area contributed by atoms with Crippen molar-refractivity contribution in [3.05, 3.63) is 71.6 Å². The van der Waals surface area contributed by atoms with E-state index in [1.807, 2.05) is 24.3 Å². The van der Waals surface area contributed by atoms with Crippen LogP contribution in [-0.2, 0) is 14.3 Å². The molecule has 0 N–H and O–H groups in total. The number of rotatable bonds is 5. The largest absolute Gasteiger partial charge is 0.497 e. The quantitative estimate of drug-likeness (QED) is 0.588. The predicted octanol–water partition coefficient (Wildman–Crippen LogP) is 4.15. The second kappa shape index (κ2) is 8.16. The van der Waals surface area contributed by atoms with E-state index in [9.17, 15) is 14.0 Å². The van der Waals surface area contributed by atoms with E-state index in [0.29, 0.717) is 6.42 Å². The first-order valence-electron chi connectivity index (χ1n) is 8.84. The van der Waals surface area contributed by atoms with E-state index in [1.165, 1.54) is 18.2 Å². The normalized spacial score (nSPS) is 19.4. The Balaban J connectivity index is 1.99. The molecule has 0 aromatic heterocycles. The molecular weight excluding hydrogens is 347 g/mol. The zero-order chi connectivity index (χ0) is 19.4. The highest BCUT2D eigenvalue weighted by Crippen LogP contribution is 2.40. The van der Waals surface area contributed by atoms with Gasteiger partial charge in [-0.05, 0) is 60.4 Å². The molecule has 5 heteroatoms. The highest BCUT2D eigenvalue weighted by Gasteiger charge is 2.39. The maximum atomic E-state index is 13.3. The fourth-order valence-corrected chi connectivity index (χ4v) is 3.41. The molecule has 140 valence electrons. The summed E-state index contributed by atoms with van der Waals surface area (Å²) in [5.41, 5.74) is 2.46. The summed E-state index contributed by atoms with van der Waals surface area (Å²) >= 11 is 0. The highest BCUT2D eigenvalue weighted by molar-refractivity contribution is 6.10. The number of allylic oxidation sites excluding steroid dienone is 2. The Morgan fingerprint density at radius 1 is 1.11 bits per heavy atom. The molecule has 0 aliphatic heterocycles. The third-order valence-corrected chi connectivity index (χ3v) is 4.76. The Kier molecular flexibility index (Phi) is 5.69. The van der Waals surface area contributed by atoms with Crippen molar-refractivity contribution < 1.29 is 23.5 Å². The Hall–Kier alpha value is -2.95. The third-order valence-electron chi connectivity index (χ3n) is 4.76. The Bertz CT molecular complexity index is 853. The zero-order valence-electron chi connectivity index (χ0n) is 15.3. The van der Waals surface area contributed by atoms with Crippen LogP contribution in [0.25, 0.3) is 5.57 Å². The summed E-state index contributed by atoms with van der Waals surface area (Å²) in [4.78, 5) is 25.2. The van der Waals surface area contributed by atoms with Crippen LogP contribution < -0.4 is 4.74 Å². The van der Waals surface area contributed by atoms with E-state index in [0.717, 1.165) is 22.4 Å². The maximum Gasteiger partial charge on any atom is 0.317 e. The summed E-state index contributed by atoms with van der Waals surface area (Å²) in [6.45, 7) is 1.91. The van der Waals surface area contributed by atoms with Gasteiger partial charge in [0.05, 0.1) is 13.7 Å². The van der Waals surface area contributed by atoms with Crippen LogP contribution in [0.3, 0.4) is 0 Å². The molecule has 0 saturated carbocycles. The van der Waals surface area contributed by atoms with Crippen molar-refractivity contribution in [3.63, 3.8) is 0 Å². The minimum Gasteiger partial charge on any atom is -0.497 e. The number of carbonyl (C=O) groups excluding carboxylic acids is 2. The molecule has 2 atom stereocenters. The van der Waals surface area contributed by atoms with Crippen LogP contribution in [0.1, 0.15) is 30.4 Å². The average molecular weight is 368 g/mol. The summed E-state index contributed by atoms with van der Waals surface area (Å²) in [6.07, 6.45) is 2.00. The molecule has 0 heterocycles. The SMILES string of the molecule is CCOC(=O)[C@@H]1C(=O)C=C(c2ccc(OC)cc2)C[C@@H]1c1ccc(F)cc1. The van der Waals surface area contributed by atoms with Crippen molar-refractivity contribution >= 4 is 17.3 Å². The Morgan fingerprint density at radius 3 is 2.37 bits per heavy atom. The summed E-state index contributed by atoms with van der Waals surface area (Å²) in [6, 6.07) is 13.3. The minimum atomic E-state index is -0.919. The van der Waals surface area contributed by atoms with E-state index in [-0.39, 0.29) is 18.2 Å². The third kappa shape index (κ3) is 4.08. The maximum absolute atomic E-state index is 13.3. The molecule has 0 saturated heterocycles. The van der Waals surface area contributed by atoms with Gasteiger partial charge in [-0.2, -0.15) is 0 Å². The van der Waals surface area contributed by atoms with Gasteiger partial charge < -0.3 is 9.47 Å². The molecule has 0 bridgehead atoms. The van der Waals surface area contributed by atoms with Gasteiger partial charge in [0.1, 0.15) is 17.5 Å². The molecule has 27 heavy (non-hydrogen) atoms. The van der Waals surface area contributed by atoms with Gasteiger partial charge in [-0.25, -0.2) is 4.39 Å². The number of methoxy groups -OCH3 is 1. The van der Waals surface area contributed by atoms with Crippen LogP contribution >= 0.6 is 0 Å². The molecular formula is C22H21FO4. The van der Waals surface area contributed by atoms with Crippen molar-refractivity contribution in [3.8, 4) is 5.75 Å². The molecule has 0 spiro atoms. The number of esters is 1. The number of ketones is 1. The molecule has 4 nitrogen and oxygen atoms in total. The molecule has 0 radical (unpaired) electrons. The van der Waals surface area contributed by atoms with Gasteiger partial charge >= 0.3 is 5.97 Å². The lowest BCUT2D eigenvalue weighted by Crippen LogP contribution is -2.34. The van der Waals surface area contributed by atoms with Crippen LogP contribution in [0.5, 0.6) is 5.75 Å². The second-order valence-electron chi connectivity index (χ2n) is 6.39. The first kappa shape index (κ1) is 18.8. The van der Waals surface area contributed by atoms with Crippen molar-refractivity contribution in [2.45, 2.75) is 19.3 Å². The monoisotopic (exact) mass is 368 g/mol. The van der Waals surface area contributed by atoms with Crippen LogP contribution in [0, 0.1) is 11.7 Å². The first-order chi connectivity index (χ1) is 13.0. The standard InChI is InChI=1S/C22H21FO4/c1-3-27-22(25)21-19(15-4-8-17(23)9-5-15)12-16(13-20(21)24)14-6-10-18(26-2)11-7-14/h4-11,13,19,21H,3,12H2,1-2H3/t19-,21+/m1/s1. The Labute approximate surface area is 157 Å². The zero-order valence-corrected chi connectivity index (χ0v) is 15.3. The molecule has 3 rings (SSSR count). The van der Waals surface area contributed by atoms with Crippen molar-refractivity contribution in [2.75, 3.05) is 13.7 Å². The number of hydrogen-bond acceptors (Lipinski definition) is 4. The van der Waals surface area contributed by atoms with Gasteiger partial charge in [0, 0.05) is 5.92 Å². The number of halogens is 1. The smallest absolute Gasteiger partial charge is 0.317 e. The molecule has 0 fully saturated rings. The van der Waals surface area contributed by atoms with Gasteiger partial charge in [0.15, 0.2) is 5.78 Å². The lowest BCUT2D eigenvalue weighted by Gasteiger charge is -2.29. The molecule has 0 amide bonds. The lowest BCUT2D eigenvalue weighted by atomic mass is 9.73. The van der Waals surface area contributed by atoms with Crippen molar-refractivity contribution in [1.29, 1.82) is 0 Å². The summed E-state index contributed by atoms with van der Waals surface area (Å²) in [5, 5.41) is 0. The molecule has 2 aromatic rings. The van der Waals surface area contributed by atoms with E-state index >= 15 is 0 Å². The number of ether oxygens (including phenoxy) is 2. The van der Waals surface area contributed by atoms with E-state index < -0.39 is 17.8 Å². The molecule has 1 aliphatic rings. The van der Waals surface area contributed by atoms with E-state index in [1.54, 1.807) is 26.2 Å². The minimum absolute atomic E-state index is 0.202. The van der Waals surface area contributed by atoms with Crippen molar-refractivity contribution in [2.24, 2.45) is 5.92 Å². The highest BCUT2D eigenvalue weighted by atomic mass is 19.1. The summed E-state index contributed by atoms with van der Waals surface area (Å²) in [7, 11) is 1.59. The van der Waals surface area contributed by atoms with E-state index in [2.05, 4.69) is 0 Å². The molecule has 1 aliphatic carbocycles. The van der Waals surface area contributed by atoms with Gasteiger partial charge in [-0.3, -0.25) is 9.59 Å². The number of benzene rings is 2. The predicted molar refractivity (Wildman–Crippen MR) is 99.9 cm³/mol. The summed E-state index contributed by atoms with van der Waals surface area (Å²) in [5.74, 6) is -1.79. The fraction of sp³-hybridized carbons (Fsp3) is 0.273. The van der Waals surface area contributed by atoms with Crippen LogP contribution in [0.4, 0.5) is 4.39 Å². The van der Waals surface area contributed by atoms with Gasteiger partial charge in [-0.1, -0.05) is 24.3 Å². The Morgan fingerprint density at radius 2 is 1.78 bits per heavy atom. The fourth-order valence-electron chi connectivity index (χ4n) is 3.41. The van der Waals surface area contributed by atoms with Crippen molar-refractivity contribution in [1.82, 2.24) is 0 Å². The number of carbonyl (C=O) groups is 2. The van der Waals surface area contributed by atoms with Crippen LogP contribution in [0.2, 0.25) is 0 Å². The van der Waals surface area contributed by atoms with Crippen LogP contribution in [0.15, 0.2) is 54.6 Å². The molecule has 0 unspecified atom stereocenters. The average Bonchev–Trinajstić information content (AvgIpc) is 2.68. The van der Waals surface area contributed by atoms with Gasteiger partial charge in [-0.15, -0.1) is 0 Å². The first-order valence-corrected chi connectivity index (χ1v) is 8.84. The number of hydrogen-bond donors (Lipinski definition) is 0. The van der Waals surface area contributed by atoms with Crippen LogP contribution in [-0.4, -0.2) is 25.5 Å². The van der Waals surface area contributed by atoms with E-state index in [4.69, 9.17) is 9.47 Å². The topological polar surface area (TPSA) is 52.6 Å². The lowest BCUT2D eigenvalue weighted by molar-refractivity contribution is -0.151.